The summed E-state index contributed by atoms with van der Waals surface area (Å²) in [5.74, 6) is 0.0678. The molecule has 27 heavy (non-hydrogen) atoms. The number of H-pyrrole nitrogens is 1. The number of aromatic amines is 1. The first kappa shape index (κ1) is 18.5. The van der Waals surface area contributed by atoms with Gasteiger partial charge in [-0.05, 0) is 32.9 Å². The van der Waals surface area contributed by atoms with E-state index in [-0.39, 0.29) is 23.1 Å². The molecule has 8 heteroatoms. The summed E-state index contributed by atoms with van der Waals surface area (Å²) in [5, 5.41) is 3.15. The van der Waals surface area contributed by atoms with Crippen molar-refractivity contribution < 1.29 is 4.79 Å². The zero-order valence-electron chi connectivity index (χ0n) is 15.5. The normalized spacial score (nSPS) is 10.9. The zero-order chi connectivity index (χ0) is 19.6. The SMILES string of the molecule is CCn1cc(C(=O)NCCc2cc(=O)[nH]c(C)n2)c(=O)c2ccc(C)nc21. The highest BCUT2D eigenvalue weighted by Crippen LogP contribution is 2.11. The van der Waals surface area contributed by atoms with Gasteiger partial charge in [-0.15, -0.1) is 0 Å². The van der Waals surface area contributed by atoms with Crippen LogP contribution >= 0.6 is 0 Å². The lowest BCUT2D eigenvalue weighted by Gasteiger charge is -2.11. The van der Waals surface area contributed by atoms with Gasteiger partial charge in [-0.25, -0.2) is 9.97 Å². The van der Waals surface area contributed by atoms with Crippen LogP contribution in [-0.2, 0) is 13.0 Å². The summed E-state index contributed by atoms with van der Waals surface area (Å²) in [7, 11) is 0. The smallest absolute Gasteiger partial charge is 0.256 e. The van der Waals surface area contributed by atoms with Crippen LogP contribution in [0.1, 0.15) is 34.5 Å². The first-order valence-corrected chi connectivity index (χ1v) is 8.75. The van der Waals surface area contributed by atoms with E-state index in [4.69, 9.17) is 0 Å². The molecule has 0 aliphatic heterocycles. The third kappa shape index (κ3) is 3.94. The van der Waals surface area contributed by atoms with Crippen LogP contribution in [0.2, 0.25) is 0 Å². The van der Waals surface area contributed by atoms with Gasteiger partial charge in [-0.1, -0.05) is 0 Å². The number of pyridine rings is 2. The van der Waals surface area contributed by atoms with E-state index in [0.717, 1.165) is 5.69 Å². The molecule has 0 unspecified atom stereocenters. The maximum absolute atomic E-state index is 12.7. The topological polar surface area (TPSA) is 110 Å². The average molecular weight is 367 g/mol. The van der Waals surface area contributed by atoms with Crippen molar-refractivity contribution in [2.45, 2.75) is 33.7 Å². The van der Waals surface area contributed by atoms with Crippen LogP contribution in [0.15, 0.2) is 34.0 Å². The fourth-order valence-electron chi connectivity index (χ4n) is 2.93. The first-order valence-electron chi connectivity index (χ1n) is 8.75. The van der Waals surface area contributed by atoms with Gasteiger partial charge in [0.2, 0.25) is 5.43 Å². The van der Waals surface area contributed by atoms with Crippen molar-refractivity contribution in [3.05, 3.63) is 67.7 Å². The predicted octanol–water partition coefficient (Wildman–Crippen LogP) is 1.09. The van der Waals surface area contributed by atoms with Gasteiger partial charge in [-0.2, -0.15) is 0 Å². The van der Waals surface area contributed by atoms with Gasteiger partial charge in [0.15, 0.2) is 0 Å². The van der Waals surface area contributed by atoms with Crippen molar-refractivity contribution in [1.29, 1.82) is 0 Å². The first-order chi connectivity index (χ1) is 12.9. The molecule has 140 valence electrons. The molecule has 0 aliphatic rings. The molecular formula is C19H21N5O3. The van der Waals surface area contributed by atoms with Gasteiger partial charge in [0.25, 0.3) is 11.5 Å². The molecule has 0 fully saturated rings. The van der Waals surface area contributed by atoms with Crippen molar-refractivity contribution in [2.75, 3.05) is 6.54 Å². The molecule has 8 nitrogen and oxygen atoms in total. The molecule has 0 bridgehead atoms. The third-order valence-electron chi connectivity index (χ3n) is 4.23. The molecular weight excluding hydrogens is 346 g/mol. The second-order valence-corrected chi connectivity index (χ2v) is 6.31. The number of fused-ring (bicyclic) bond motifs is 1. The Balaban J connectivity index is 1.83. The van der Waals surface area contributed by atoms with E-state index in [1.807, 2.05) is 13.8 Å². The Morgan fingerprint density at radius 2 is 2.00 bits per heavy atom. The van der Waals surface area contributed by atoms with E-state index in [2.05, 4.69) is 20.3 Å². The Morgan fingerprint density at radius 1 is 1.22 bits per heavy atom. The number of carbonyl (C=O) groups excluding carboxylic acids is 1. The summed E-state index contributed by atoms with van der Waals surface area (Å²) >= 11 is 0. The summed E-state index contributed by atoms with van der Waals surface area (Å²) in [6.45, 7) is 6.33. The lowest BCUT2D eigenvalue weighted by atomic mass is 10.1. The van der Waals surface area contributed by atoms with E-state index in [0.29, 0.717) is 35.5 Å². The maximum atomic E-state index is 12.7. The second-order valence-electron chi connectivity index (χ2n) is 6.31. The van der Waals surface area contributed by atoms with Crippen LogP contribution in [0.4, 0.5) is 0 Å². The summed E-state index contributed by atoms with van der Waals surface area (Å²) in [5.41, 5.74) is 1.46. The second kappa shape index (κ2) is 7.53. The number of hydrogen-bond acceptors (Lipinski definition) is 5. The lowest BCUT2D eigenvalue weighted by Crippen LogP contribution is -2.31. The van der Waals surface area contributed by atoms with Crippen molar-refractivity contribution in [3.63, 3.8) is 0 Å². The molecule has 0 radical (unpaired) electrons. The summed E-state index contributed by atoms with van der Waals surface area (Å²) in [6.07, 6.45) is 1.94. The average Bonchev–Trinajstić information content (AvgIpc) is 2.61. The van der Waals surface area contributed by atoms with Crippen molar-refractivity contribution >= 4 is 16.9 Å². The number of aromatic nitrogens is 4. The Hall–Kier alpha value is -3.29. The predicted molar refractivity (Wildman–Crippen MR) is 102 cm³/mol. The third-order valence-corrected chi connectivity index (χ3v) is 4.23. The van der Waals surface area contributed by atoms with Gasteiger partial charge in [0, 0.05) is 43.2 Å². The summed E-state index contributed by atoms with van der Waals surface area (Å²) < 4.78 is 1.79. The van der Waals surface area contributed by atoms with Crippen LogP contribution in [-0.4, -0.2) is 32.0 Å². The largest absolute Gasteiger partial charge is 0.351 e. The highest BCUT2D eigenvalue weighted by atomic mass is 16.2. The molecule has 3 heterocycles. The summed E-state index contributed by atoms with van der Waals surface area (Å²) in [6, 6.07) is 4.85. The summed E-state index contributed by atoms with van der Waals surface area (Å²) in [4.78, 5) is 47.9. The molecule has 3 rings (SSSR count). The van der Waals surface area contributed by atoms with Gasteiger partial charge in [-0.3, -0.25) is 14.4 Å². The number of carbonyl (C=O) groups is 1. The molecule has 0 aromatic carbocycles. The monoisotopic (exact) mass is 367 g/mol. The van der Waals surface area contributed by atoms with Gasteiger partial charge < -0.3 is 14.9 Å². The number of hydrogen-bond donors (Lipinski definition) is 2. The van der Waals surface area contributed by atoms with Gasteiger partial charge in [0.1, 0.15) is 17.0 Å². The number of nitrogens with zero attached hydrogens (tertiary/aromatic N) is 3. The molecule has 0 saturated carbocycles. The molecule has 0 saturated heterocycles. The Labute approximate surface area is 155 Å². The zero-order valence-corrected chi connectivity index (χ0v) is 15.5. The van der Waals surface area contributed by atoms with E-state index >= 15 is 0 Å². The fraction of sp³-hybridized carbons (Fsp3) is 0.316. The molecule has 3 aromatic heterocycles. The quantitative estimate of drug-likeness (QED) is 0.701. The molecule has 2 N–H and O–H groups in total. The lowest BCUT2D eigenvalue weighted by molar-refractivity contribution is 0.0952. The Kier molecular flexibility index (Phi) is 5.16. The highest BCUT2D eigenvalue weighted by molar-refractivity contribution is 5.96. The van der Waals surface area contributed by atoms with E-state index < -0.39 is 5.91 Å². The number of aryl methyl sites for hydroxylation is 3. The van der Waals surface area contributed by atoms with Crippen molar-refractivity contribution in [3.8, 4) is 0 Å². The molecule has 0 atom stereocenters. The van der Waals surface area contributed by atoms with Gasteiger partial charge in [0.05, 0.1) is 5.39 Å². The minimum atomic E-state index is -0.453. The van der Waals surface area contributed by atoms with Gasteiger partial charge >= 0.3 is 0 Å². The van der Waals surface area contributed by atoms with Crippen LogP contribution in [0, 0.1) is 13.8 Å². The standard InChI is InChI=1S/C19H21N5O3/c1-4-24-10-15(17(26)14-6-5-11(2)21-18(14)24)19(27)20-8-7-13-9-16(25)23-12(3)22-13/h5-6,9-10H,4,7-8H2,1-3H3,(H,20,27)(H,22,23,25). The van der Waals surface area contributed by atoms with Crippen LogP contribution in [0.3, 0.4) is 0 Å². The van der Waals surface area contributed by atoms with Crippen molar-refractivity contribution in [2.24, 2.45) is 0 Å². The number of rotatable bonds is 5. The van der Waals surface area contributed by atoms with Crippen LogP contribution < -0.4 is 16.3 Å². The molecule has 0 aliphatic carbocycles. The van der Waals surface area contributed by atoms with Crippen LogP contribution in [0.5, 0.6) is 0 Å². The molecule has 3 aromatic rings. The minimum absolute atomic E-state index is 0.0741. The molecule has 0 spiro atoms. The van der Waals surface area contributed by atoms with E-state index in [1.54, 1.807) is 29.8 Å². The van der Waals surface area contributed by atoms with E-state index in [9.17, 15) is 14.4 Å². The van der Waals surface area contributed by atoms with Crippen LogP contribution in [0.25, 0.3) is 11.0 Å². The Bertz CT molecular complexity index is 1130. The molecule has 1 amide bonds. The maximum Gasteiger partial charge on any atom is 0.256 e. The van der Waals surface area contributed by atoms with Crippen molar-refractivity contribution in [1.82, 2.24) is 24.8 Å². The number of amides is 1. The minimum Gasteiger partial charge on any atom is -0.351 e. The fourth-order valence-corrected chi connectivity index (χ4v) is 2.93. The number of nitrogens with one attached hydrogen (secondary N) is 2. The Morgan fingerprint density at radius 3 is 2.70 bits per heavy atom. The highest BCUT2D eigenvalue weighted by Gasteiger charge is 2.15. The van der Waals surface area contributed by atoms with E-state index in [1.165, 1.54) is 6.07 Å².